The molecule has 2 amide bonds. The first-order valence-electron chi connectivity index (χ1n) is 16.2. The molecule has 3 aromatic rings. The standard InChI is InChI=1S/C33H44N8O3/c1-21-12-13-23(32(42)38-24-8-4-3-5-9-24)20-41(21)30-18-27(36-22(2)37-30)28-19-35-31(39-28)33(43)40-26-10-6-7-11-29(26)44-25-14-16-34-17-15-25/h6-7,10-11,18-19,21,23-25,34H,3-5,8-9,12-17,20H2,1-2H3,(H,35,39)(H,38,42)(H,40,43). The third-order valence-corrected chi connectivity index (χ3v) is 9.11. The lowest BCUT2D eigenvalue weighted by Gasteiger charge is -2.39. The number of aromatic nitrogens is 4. The molecule has 0 radical (unpaired) electrons. The first-order chi connectivity index (χ1) is 21.4. The molecule has 1 aromatic carbocycles. The van der Waals surface area contributed by atoms with Gasteiger partial charge in [0.25, 0.3) is 5.91 Å². The fourth-order valence-corrected chi connectivity index (χ4v) is 6.56. The smallest absolute Gasteiger partial charge is 0.291 e. The third kappa shape index (κ3) is 7.20. The highest BCUT2D eigenvalue weighted by atomic mass is 16.5. The van der Waals surface area contributed by atoms with E-state index in [0.29, 0.717) is 41.2 Å². The number of para-hydroxylation sites is 2. The molecule has 4 heterocycles. The minimum Gasteiger partial charge on any atom is -0.488 e. The summed E-state index contributed by atoms with van der Waals surface area (Å²) in [7, 11) is 0. The van der Waals surface area contributed by atoms with Crippen LogP contribution in [-0.2, 0) is 4.79 Å². The van der Waals surface area contributed by atoms with E-state index in [1.54, 1.807) is 6.20 Å². The molecule has 1 aliphatic carbocycles. The number of hydrogen-bond donors (Lipinski definition) is 4. The Kier molecular flexibility index (Phi) is 9.40. The summed E-state index contributed by atoms with van der Waals surface area (Å²) in [5.41, 5.74) is 1.88. The number of rotatable bonds is 8. The molecule has 11 heteroatoms. The molecule has 6 rings (SSSR count). The van der Waals surface area contributed by atoms with Crippen LogP contribution in [0, 0.1) is 12.8 Å². The Bertz CT molecular complexity index is 1450. The zero-order chi connectivity index (χ0) is 30.5. The molecule has 234 valence electrons. The van der Waals surface area contributed by atoms with Crippen LogP contribution in [-0.4, -0.2) is 69.6 Å². The third-order valence-electron chi connectivity index (χ3n) is 9.11. The van der Waals surface area contributed by atoms with E-state index >= 15 is 0 Å². The van der Waals surface area contributed by atoms with Gasteiger partial charge in [-0.3, -0.25) is 9.59 Å². The highest BCUT2D eigenvalue weighted by Gasteiger charge is 2.32. The van der Waals surface area contributed by atoms with Crippen molar-refractivity contribution in [1.82, 2.24) is 30.6 Å². The summed E-state index contributed by atoms with van der Waals surface area (Å²) in [6.45, 7) is 6.50. The van der Waals surface area contributed by atoms with Crippen molar-refractivity contribution in [2.45, 2.75) is 89.8 Å². The Labute approximate surface area is 259 Å². The van der Waals surface area contributed by atoms with E-state index in [0.717, 1.165) is 57.4 Å². The van der Waals surface area contributed by atoms with Crippen LogP contribution in [0.3, 0.4) is 0 Å². The highest BCUT2D eigenvalue weighted by molar-refractivity contribution is 6.02. The fourth-order valence-electron chi connectivity index (χ4n) is 6.56. The number of nitrogens with one attached hydrogen (secondary N) is 4. The van der Waals surface area contributed by atoms with Gasteiger partial charge in [0, 0.05) is 24.7 Å². The second-order valence-electron chi connectivity index (χ2n) is 12.4. The van der Waals surface area contributed by atoms with Crippen LogP contribution in [0.15, 0.2) is 36.5 Å². The predicted molar refractivity (Wildman–Crippen MR) is 170 cm³/mol. The van der Waals surface area contributed by atoms with Crippen molar-refractivity contribution >= 4 is 23.3 Å². The molecule has 2 atom stereocenters. The molecule has 3 aliphatic rings. The molecule has 0 bridgehead atoms. The van der Waals surface area contributed by atoms with Crippen LogP contribution in [0.25, 0.3) is 11.4 Å². The van der Waals surface area contributed by atoms with E-state index in [9.17, 15) is 9.59 Å². The molecule has 44 heavy (non-hydrogen) atoms. The largest absolute Gasteiger partial charge is 0.488 e. The summed E-state index contributed by atoms with van der Waals surface area (Å²) in [5.74, 6) is 1.95. The molecule has 2 aromatic heterocycles. The lowest BCUT2D eigenvalue weighted by molar-refractivity contribution is -0.126. The number of aryl methyl sites for hydroxylation is 1. The lowest BCUT2D eigenvalue weighted by Crippen LogP contribution is -2.49. The van der Waals surface area contributed by atoms with Crippen LogP contribution >= 0.6 is 0 Å². The number of ether oxygens (including phenoxy) is 1. The predicted octanol–water partition coefficient (Wildman–Crippen LogP) is 4.61. The molecule has 2 saturated heterocycles. The topological polar surface area (TPSA) is 137 Å². The maximum absolute atomic E-state index is 13.2. The van der Waals surface area contributed by atoms with Crippen molar-refractivity contribution in [3.63, 3.8) is 0 Å². The van der Waals surface area contributed by atoms with E-state index in [4.69, 9.17) is 9.72 Å². The van der Waals surface area contributed by atoms with Crippen molar-refractivity contribution in [2.24, 2.45) is 5.92 Å². The van der Waals surface area contributed by atoms with Gasteiger partial charge in [-0.25, -0.2) is 15.0 Å². The number of benzene rings is 1. The number of carbonyl (C=O) groups is 2. The SMILES string of the molecule is Cc1nc(-c2cnc(C(=O)Nc3ccccc3OC3CCNCC3)[nH]2)cc(N2CC(C(=O)NC3CCCCC3)CCC2C)n1. The Morgan fingerprint density at radius 2 is 1.80 bits per heavy atom. The average Bonchev–Trinajstić information content (AvgIpc) is 3.54. The first-order valence-corrected chi connectivity index (χ1v) is 16.2. The summed E-state index contributed by atoms with van der Waals surface area (Å²) < 4.78 is 6.22. The fraction of sp³-hybridized carbons (Fsp3) is 0.545. The van der Waals surface area contributed by atoms with E-state index < -0.39 is 0 Å². The molecule has 0 spiro atoms. The van der Waals surface area contributed by atoms with Gasteiger partial charge >= 0.3 is 0 Å². The van der Waals surface area contributed by atoms with Gasteiger partial charge < -0.3 is 30.6 Å². The minimum absolute atomic E-state index is 0.0732. The average molecular weight is 601 g/mol. The van der Waals surface area contributed by atoms with Crippen LogP contribution in [0.5, 0.6) is 5.75 Å². The zero-order valence-electron chi connectivity index (χ0n) is 25.8. The molecule has 2 unspecified atom stereocenters. The summed E-state index contributed by atoms with van der Waals surface area (Å²) in [6.07, 6.45) is 11.2. The van der Waals surface area contributed by atoms with Crippen LogP contribution < -0.4 is 25.6 Å². The van der Waals surface area contributed by atoms with Gasteiger partial charge in [-0.15, -0.1) is 0 Å². The van der Waals surface area contributed by atoms with Crippen LogP contribution in [0.2, 0.25) is 0 Å². The van der Waals surface area contributed by atoms with Crippen LogP contribution in [0.4, 0.5) is 11.5 Å². The number of aromatic amines is 1. The first kappa shape index (κ1) is 30.1. The Morgan fingerprint density at radius 1 is 1.00 bits per heavy atom. The van der Waals surface area contributed by atoms with Gasteiger partial charge in [-0.2, -0.15) is 0 Å². The number of amides is 2. The lowest BCUT2D eigenvalue weighted by atomic mass is 9.91. The normalized spacial score (nSPS) is 21.5. The number of piperidine rings is 2. The summed E-state index contributed by atoms with van der Waals surface area (Å²) in [6, 6.07) is 9.95. The molecule has 11 nitrogen and oxygen atoms in total. The second kappa shape index (κ2) is 13.8. The van der Waals surface area contributed by atoms with Gasteiger partial charge in [0.1, 0.15) is 23.5 Å². The van der Waals surface area contributed by atoms with Gasteiger partial charge in [0.05, 0.1) is 29.2 Å². The van der Waals surface area contributed by atoms with Crippen LogP contribution in [0.1, 0.15) is 81.2 Å². The zero-order valence-corrected chi connectivity index (χ0v) is 25.8. The molecule has 1 saturated carbocycles. The number of imidazole rings is 1. The van der Waals surface area contributed by atoms with Crippen molar-refractivity contribution in [3.05, 3.63) is 48.2 Å². The van der Waals surface area contributed by atoms with Gasteiger partial charge in [0.15, 0.2) is 5.82 Å². The molecule has 4 N–H and O–H groups in total. The molecular weight excluding hydrogens is 556 g/mol. The van der Waals surface area contributed by atoms with E-state index in [-0.39, 0.29) is 35.7 Å². The van der Waals surface area contributed by atoms with Gasteiger partial charge in [0.2, 0.25) is 5.91 Å². The van der Waals surface area contributed by atoms with Crippen molar-refractivity contribution in [1.29, 1.82) is 0 Å². The summed E-state index contributed by atoms with van der Waals surface area (Å²) in [4.78, 5) is 45.5. The quantitative estimate of drug-likeness (QED) is 0.294. The Hall–Kier alpha value is -3.99. The van der Waals surface area contributed by atoms with E-state index in [1.165, 1.54) is 19.3 Å². The van der Waals surface area contributed by atoms with Crippen molar-refractivity contribution in [3.8, 4) is 17.1 Å². The summed E-state index contributed by atoms with van der Waals surface area (Å²) >= 11 is 0. The van der Waals surface area contributed by atoms with Crippen molar-refractivity contribution < 1.29 is 14.3 Å². The number of hydrogen-bond acceptors (Lipinski definition) is 8. The number of H-pyrrole nitrogens is 1. The van der Waals surface area contributed by atoms with Gasteiger partial charge in [-0.1, -0.05) is 31.4 Å². The second-order valence-corrected chi connectivity index (χ2v) is 12.4. The Balaban J connectivity index is 1.14. The van der Waals surface area contributed by atoms with E-state index in [2.05, 4.69) is 42.7 Å². The number of nitrogens with zero attached hydrogens (tertiary/aromatic N) is 4. The number of anilines is 2. The van der Waals surface area contributed by atoms with E-state index in [1.807, 2.05) is 37.3 Å². The maximum Gasteiger partial charge on any atom is 0.291 e. The highest BCUT2D eigenvalue weighted by Crippen LogP contribution is 2.30. The summed E-state index contributed by atoms with van der Waals surface area (Å²) in [5, 5.41) is 9.61. The minimum atomic E-state index is -0.361. The Morgan fingerprint density at radius 3 is 2.61 bits per heavy atom. The number of carbonyl (C=O) groups excluding carboxylic acids is 2. The van der Waals surface area contributed by atoms with Gasteiger partial charge in [-0.05, 0) is 77.6 Å². The molecular formula is C33H44N8O3. The molecule has 2 aliphatic heterocycles. The maximum atomic E-state index is 13.2. The molecule has 3 fully saturated rings. The van der Waals surface area contributed by atoms with Crippen molar-refractivity contribution in [2.75, 3.05) is 29.9 Å². The monoisotopic (exact) mass is 600 g/mol.